The van der Waals surface area contributed by atoms with Gasteiger partial charge in [0.15, 0.2) is 17.1 Å². The molecule has 2 heterocycles. The van der Waals surface area contributed by atoms with Gasteiger partial charge in [0.2, 0.25) is 0 Å². The summed E-state index contributed by atoms with van der Waals surface area (Å²) >= 11 is 1.50. The standard InChI is InChI=1S/C18H14N2O3S/c1-21-14-8-7-11(9-15(14)22-2)24-18-17-16(19-10-20-18)12-5-3-4-6-13(12)23-17/h3-10H,1-2H3. The topological polar surface area (TPSA) is 57.4 Å². The SMILES string of the molecule is COc1ccc(Sc2ncnc3c2oc2ccccc23)cc1OC. The number of hydrogen-bond acceptors (Lipinski definition) is 6. The Balaban J connectivity index is 1.80. The summed E-state index contributed by atoms with van der Waals surface area (Å²) in [6, 6.07) is 13.6. The molecular formula is C18H14N2O3S. The molecule has 0 aliphatic carbocycles. The average molecular weight is 338 g/mol. The van der Waals surface area contributed by atoms with Crippen molar-refractivity contribution in [2.24, 2.45) is 0 Å². The maximum absolute atomic E-state index is 5.96. The van der Waals surface area contributed by atoms with Gasteiger partial charge in [-0.25, -0.2) is 9.97 Å². The summed E-state index contributed by atoms with van der Waals surface area (Å²) in [7, 11) is 3.24. The molecule has 0 aliphatic rings. The third kappa shape index (κ3) is 2.45. The molecular weight excluding hydrogens is 324 g/mol. The van der Waals surface area contributed by atoms with Gasteiger partial charge in [-0.2, -0.15) is 0 Å². The van der Waals surface area contributed by atoms with Crippen LogP contribution in [0.5, 0.6) is 11.5 Å². The summed E-state index contributed by atoms with van der Waals surface area (Å²) in [5.41, 5.74) is 2.32. The van der Waals surface area contributed by atoms with Crippen molar-refractivity contribution < 1.29 is 13.9 Å². The molecule has 0 saturated carbocycles. The molecule has 0 spiro atoms. The van der Waals surface area contributed by atoms with Crippen LogP contribution in [0.3, 0.4) is 0 Å². The number of aromatic nitrogens is 2. The number of nitrogens with zero attached hydrogens (tertiary/aromatic N) is 2. The number of ether oxygens (including phenoxy) is 2. The zero-order chi connectivity index (χ0) is 16.5. The monoisotopic (exact) mass is 338 g/mol. The van der Waals surface area contributed by atoms with Crippen molar-refractivity contribution in [1.29, 1.82) is 0 Å². The lowest BCUT2D eigenvalue weighted by molar-refractivity contribution is 0.354. The van der Waals surface area contributed by atoms with Crippen molar-refractivity contribution in [2.45, 2.75) is 9.92 Å². The molecule has 0 radical (unpaired) electrons. The minimum absolute atomic E-state index is 0.678. The highest BCUT2D eigenvalue weighted by atomic mass is 32.2. The fourth-order valence-corrected chi connectivity index (χ4v) is 3.42. The van der Waals surface area contributed by atoms with E-state index in [9.17, 15) is 0 Å². The summed E-state index contributed by atoms with van der Waals surface area (Å²) < 4.78 is 16.6. The van der Waals surface area contributed by atoms with Crippen molar-refractivity contribution in [1.82, 2.24) is 9.97 Å². The average Bonchev–Trinajstić information content (AvgIpc) is 3.01. The molecule has 2 aromatic heterocycles. The Hall–Kier alpha value is -2.73. The van der Waals surface area contributed by atoms with Crippen molar-refractivity contribution in [3.63, 3.8) is 0 Å². The van der Waals surface area contributed by atoms with Crippen LogP contribution in [0.4, 0.5) is 0 Å². The van der Waals surface area contributed by atoms with Crippen LogP contribution in [0.1, 0.15) is 0 Å². The second kappa shape index (κ2) is 6.05. The fourth-order valence-electron chi connectivity index (χ4n) is 2.57. The predicted octanol–water partition coefficient (Wildman–Crippen LogP) is 4.54. The van der Waals surface area contributed by atoms with Gasteiger partial charge in [0.05, 0.1) is 14.2 Å². The Morgan fingerprint density at radius 2 is 1.79 bits per heavy atom. The van der Waals surface area contributed by atoms with Gasteiger partial charge < -0.3 is 13.9 Å². The molecule has 4 rings (SSSR count). The van der Waals surface area contributed by atoms with Crippen LogP contribution < -0.4 is 9.47 Å². The Kier molecular flexibility index (Phi) is 3.74. The molecule has 0 aliphatic heterocycles. The first-order valence-electron chi connectivity index (χ1n) is 7.32. The lowest BCUT2D eigenvalue weighted by Crippen LogP contribution is -1.90. The van der Waals surface area contributed by atoms with Crippen molar-refractivity contribution in [3.05, 3.63) is 48.8 Å². The van der Waals surface area contributed by atoms with Crippen molar-refractivity contribution in [3.8, 4) is 11.5 Å². The van der Waals surface area contributed by atoms with E-state index in [2.05, 4.69) is 9.97 Å². The van der Waals surface area contributed by atoms with E-state index in [0.29, 0.717) is 17.1 Å². The Bertz CT molecular complexity index is 1030. The highest BCUT2D eigenvalue weighted by Crippen LogP contribution is 2.38. The molecule has 0 bridgehead atoms. The molecule has 2 aromatic carbocycles. The predicted molar refractivity (Wildman–Crippen MR) is 93.0 cm³/mol. The first-order valence-corrected chi connectivity index (χ1v) is 8.14. The lowest BCUT2D eigenvalue weighted by atomic mass is 10.2. The van der Waals surface area contributed by atoms with Crippen LogP contribution in [-0.2, 0) is 0 Å². The van der Waals surface area contributed by atoms with E-state index in [0.717, 1.165) is 26.4 Å². The van der Waals surface area contributed by atoms with Gasteiger partial charge in [-0.1, -0.05) is 23.9 Å². The van der Waals surface area contributed by atoms with Crippen LogP contribution in [-0.4, -0.2) is 24.2 Å². The molecule has 0 atom stereocenters. The Labute approximate surface area is 142 Å². The van der Waals surface area contributed by atoms with Gasteiger partial charge in [0.25, 0.3) is 0 Å². The number of rotatable bonds is 4. The third-order valence-electron chi connectivity index (χ3n) is 3.69. The van der Waals surface area contributed by atoms with Crippen molar-refractivity contribution >= 4 is 33.8 Å². The van der Waals surface area contributed by atoms with E-state index < -0.39 is 0 Å². The smallest absolute Gasteiger partial charge is 0.186 e. The fraction of sp³-hybridized carbons (Fsp3) is 0.111. The zero-order valence-corrected chi connectivity index (χ0v) is 14.0. The largest absolute Gasteiger partial charge is 0.493 e. The van der Waals surface area contributed by atoms with E-state index in [1.807, 2.05) is 42.5 Å². The van der Waals surface area contributed by atoms with Crippen molar-refractivity contribution in [2.75, 3.05) is 14.2 Å². The van der Waals surface area contributed by atoms with E-state index in [1.54, 1.807) is 20.5 Å². The summed E-state index contributed by atoms with van der Waals surface area (Å²) in [5, 5.41) is 1.76. The lowest BCUT2D eigenvalue weighted by Gasteiger charge is -2.09. The quantitative estimate of drug-likeness (QED) is 0.509. The maximum Gasteiger partial charge on any atom is 0.186 e. The minimum Gasteiger partial charge on any atom is -0.493 e. The molecule has 0 saturated heterocycles. The van der Waals surface area contributed by atoms with E-state index >= 15 is 0 Å². The molecule has 0 fully saturated rings. The molecule has 24 heavy (non-hydrogen) atoms. The summed E-state index contributed by atoms with van der Waals surface area (Å²) in [6.45, 7) is 0. The zero-order valence-electron chi connectivity index (χ0n) is 13.1. The van der Waals surface area contributed by atoms with Crippen LogP contribution in [0, 0.1) is 0 Å². The second-order valence-corrected chi connectivity index (χ2v) is 6.14. The molecule has 4 aromatic rings. The first kappa shape index (κ1) is 14.8. The summed E-state index contributed by atoms with van der Waals surface area (Å²) in [4.78, 5) is 9.73. The van der Waals surface area contributed by atoms with Crippen LogP contribution in [0.25, 0.3) is 22.1 Å². The van der Waals surface area contributed by atoms with Crippen LogP contribution in [0.2, 0.25) is 0 Å². The van der Waals surface area contributed by atoms with Gasteiger partial charge in [0, 0.05) is 10.3 Å². The highest BCUT2D eigenvalue weighted by Gasteiger charge is 2.14. The number of hydrogen-bond donors (Lipinski definition) is 0. The van der Waals surface area contributed by atoms with E-state index in [1.165, 1.54) is 11.8 Å². The van der Waals surface area contributed by atoms with Crippen LogP contribution >= 0.6 is 11.8 Å². The third-order valence-corrected chi connectivity index (χ3v) is 4.67. The van der Waals surface area contributed by atoms with Gasteiger partial charge in [0.1, 0.15) is 22.5 Å². The Morgan fingerprint density at radius 1 is 0.958 bits per heavy atom. The molecule has 0 unspecified atom stereocenters. The molecule has 120 valence electrons. The normalized spacial score (nSPS) is 11.1. The maximum atomic E-state index is 5.96. The van der Waals surface area contributed by atoms with Gasteiger partial charge in [-0.3, -0.25) is 0 Å². The number of methoxy groups -OCH3 is 2. The number of furan rings is 1. The molecule has 0 amide bonds. The number of benzene rings is 2. The minimum atomic E-state index is 0.678. The van der Waals surface area contributed by atoms with Gasteiger partial charge in [-0.05, 0) is 30.3 Å². The number of fused-ring (bicyclic) bond motifs is 3. The van der Waals surface area contributed by atoms with Gasteiger partial charge in [-0.15, -0.1) is 0 Å². The number of para-hydroxylation sites is 1. The molecule has 0 N–H and O–H groups in total. The van der Waals surface area contributed by atoms with Gasteiger partial charge >= 0.3 is 0 Å². The molecule has 5 nitrogen and oxygen atoms in total. The first-order chi connectivity index (χ1) is 11.8. The summed E-state index contributed by atoms with van der Waals surface area (Å²) in [5.74, 6) is 1.37. The van der Waals surface area contributed by atoms with E-state index in [-0.39, 0.29) is 0 Å². The van der Waals surface area contributed by atoms with E-state index in [4.69, 9.17) is 13.9 Å². The summed E-state index contributed by atoms with van der Waals surface area (Å²) in [6.07, 6.45) is 1.56. The van der Waals surface area contributed by atoms with Crippen LogP contribution in [0.15, 0.2) is 63.1 Å². The second-order valence-electron chi connectivity index (χ2n) is 5.07. The Morgan fingerprint density at radius 3 is 2.62 bits per heavy atom. The highest BCUT2D eigenvalue weighted by molar-refractivity contribution is 7.99. The molecule has 6 heteroatoms.